The Bertz CT molecular complexity index is 626. The second kappa shape index (κ2) is 5.74. The molecule has 7 heteroatoms. The lowest BCUT2D eigenvalue weighted by molar-refractivity contribution is 0.102. The van der Waals surface area contributed by atoms with E-state index in [4.69, 9.17) is 34.8 Å². The molecule has 0 aromatic carbocycles. The van der Waals surface area contributed by atoms with E-state index < -0.39 is 0 Å². The fourth-order valence-electron chi connectivity index (χ4n) is 1.43. The Morgan fingerprint density at radius 1 is 1.16 bits per heavy atom. The first-order chi connectivity index (χ1) is 8.95. The quantitative estimate of drug-likeness (QED) is 0.852. The van der Waals surface area contributed by atoms with E-state index in [-0.39, 0.29) is 21.4 Å². The average molecular weight is 317 g/mol. The Morgan fingerprint density at radius 3 is 2.42 bits per heavy atom. The van der Waals surface area contributed by atoms with Crippen LogP contribution < -0.4 is 5.32 Å². The fraction of sp³-hybridized carbons (Fsp3) is 0.0833. The summed E-state index contributed by atoms with van der Waals surface area (Å²) in [6.45, 7) is 1.85. The molecular formula is C12H8Cl3N3O. The smallest absolute Gasteiger partial charge is 0.255 e. The molecule has 2 heterocycles. The Morgan fingerprint density at radius 2 is 1.79 bits per heavy atom. The number of nitrogens with zero attached hydrogens (tertiary/aromatic N) is 2. The summed E-state index contributed by atoms with van der Waals surface area (Å²) in [4.78, 5) is 19.8. The molecule has 0 aliphatic rings. The van der Waals surface area contributed by atoms with Crippen LogP contribution in [0.25, 0.3) is 0 Å². The summed E-state index contributed by atoms with van der Waals surface area (Å²) in [5, 5.41) is 3.15. The number of hydrogen-bond acceptors (Lipinski definition) is 3. The molecule has 0 saturated carbocycles. The molecule has 1 N–H and O–H groups in total. The van der Waals surface area contributed by atoms with Crippen molar-refractivity contribution in [1.82, 2.24) is 9.97 Å². The first-order valence-corrected chi connectivity index (χ1v) is 6.35. The highest BCUT2D eigenvalue weighted by molar-refractivity contribution is 6.34. The van der Waals surface area contributed by atoms with E-state index in [1.165, 1.54) is 12.1 Å². The van der Waals surface area contributed by atoms with Crippen molar-refractivity contribution in [3.05, 3.63) is 51.0 Å². The normalized spacial score (nSPS) is 10.3. The molecule has 0 saturated heterocycles. The number of nitrogens with one attached hydrogen (secondary N) is 1. The minimum absolute atomic E-state index is 0.145. The largest absolute Gasteiger partial charge is 0.319 e. The lowest BCUT2D eigenvalue weighted by Gasteiger charge is -2.07. The van der Waals surface area contributed by atoms with E-state index in [2.05, 4.69) is 15.3 Å². The molecule has 2 aromatic rings. The van der Waals surface area contributed by atoms with Crippen LogP contribution in [0.2, 0.25) is 15.5 Å². The number of aromatic nitrogens is 2. The number of amides is 1. The molecule has 2 rings (SSSR count). The molecule has 0 spiro atoms. The summed E-state index contributed by atoms with van der Waals surface area (Å²) in [6.07, 6.45) is 1.61. The van der Waals surface area contributed by atoms with Gasteiger partial charge in [-0.25, -0.2) is 9.97 Å². The standard InChI is InChI=1S/C12H8Cl3N3O/c1-6-2-8(11(15)16-5-6)17-12(19)7-3-9(13)18-10(14)4-7/h2-5H,1H3,(H,17,19). The maximum Gasteiger partial charge on any atom is 0.255 e. The van der Waals surface area contributed by atoms with Crippen LogP contribution in [0.15, 0.2) is 24.4 Å². The molecule has 0 aliphatic heterocycles. The van der Waals surface area contributed by atoms with Gasteiger partial charge in [-0.3, -0.25) is 4.79 Å². The third-order valence-electron chi connectivity index (χ3n) is 2.25. The van der Waals surface area contributed by atoms with Crippen LogP contribution in [0.3, 0.4) is 0 Å². The Balaban J connectivity index is 2.28. The van der Waals surface area contributed by atoms with E-state index in [1.54, 1.807) is 12.3 Å². The van der Waals surface area contributed by atoms with Crippen molar-refractivity contribution in [3.8, 4) is 0 Å². The SMILES string of the molecule is Cc1cnc(Cl)c(NC(=O)c2cc(Cl)nc(Cl)c2)c1. The first kappa shape index (κ1) is 14.1. The van der Waals surface area contributed by atoms with E-state index >= 15 is 0 Å². The first-order valence-electron chi connectivity index (χ1n) is 5.22. The number of anilines is 1. The monoisotopic (exact) mass is 315 g/mol. The molecule has 0 radical (unpaired) electrons. The third-order valence-corrected chi connectivity index (χ3v) is 2.94. The molecule has 19 heavy (non-hydrogen) atoms. The number of carbonyl (C=O) groups excluding carboxylic acids is 1. The molecule has 0 bridgehead atoms. The van der Waals surface area contributed by atoms with Crippen LogP contribution in [-0.4, -0.2) is 15.9 Å². The summed E-state index contributed by atoms with van der Waals surface area (Å²) >= 11 is 17.4. The maximum atomic E-state index is 12.0. The Labute approximate surface area is 124 Å². The van der Waals surface area contributed by atoms with Crippen molar-refractivity contribution in [3.63, 3.8) is 0 Å². The van der Waals surface area contributed by atoms with Crippen molar-refractivity contribution in [2.24, 2.45) is 0 Å². The number of pyridine rings is 2. The maximum absolute atomic E-state index is 12.0. The van der Waals surface area contributed by atoms with Gasteiger partial charge < -0.3 is 5.32 Å². The van der Waals surface area contributed by atoms with Gasteiger partial charge in [-0.15, -0.1) is 0 Å². The molecule has 1 amide bonds. The van der Waals surface area contributed by atoms with Gasteiger partial charge in [0.15, 0.2) is 5.15 Å². The third kappa shape index (κ3) is 3.56. The minimum atomic E-state index is -0.388. The van der Waals surface area contributed by atoms with E-state index in [0.29, 0.717) is 11.3 Å². The van der Waals surface area contributed by atoms with Gasteiger partial charge in [0.05, 0.1) is 5.69 Å². The van der Waals surface area contributed by atoms with Crippen LogP contribution in [0, 0.1) is 6.92 Å². The van der Waals surface area contributed by atoms with Crippen LogP contribution in [-0.2, 0) is 0 Å². The Hall–Kier alpha value is -1.36. The number of aryl methyl sites for hydroxylation is 1. The van der Waals surface area contributed by atoms with Crippen LogP contribution in [0.1, 0.15) is 15.9 Å². The van der Waals surface area contributed by atoms with Gasteiger partial charge in [0.1, 0.15) is 10.3 Å². The van der Waals surface area contributed by atoms with Crippen LogP contribution >= 0.6 is 34.8 Å². The highest BCUT2D eigenvalue weighted by atomic mass is 35.5. The topological polar surface area (TPSA) is 54.9 Å². The van der Waals surface area contributed by atoms with Crippen molar-refractivity contribution in [1.29, 1.82) is 0 Å². The van der Waals surface area contributed by atoms with Gasteiger partial charge in [-0.05, 0) is 30.7 Å². The van der Waals surface area contributed by atoms with Gasteiger partial charge in [0, 0.05) is 11.8 Å². The fourth-order valence-corrected chi connectivity index (χ4v) is 2.04. The predicted octanol–water partition coefficient (Wildman–Crippen LogP) is 4.00. The summed E-state index contributed by atoms with van der Waals surface area (Å²) < 4.78 is 0. The Kier molecular flexibility index (Phi) is 4.24. The van der Waals surface area contributed by atoms with Crippen molar-refractivity contribution in [2.45, 2.75) is 6.92 Å². The summed E-state index contributed by atoms with van der Waals surface area (Å²) in [5.74, 6) is -0.388. The number of hydrogen-bond donors (Lipinski definition) is 1. The summed E-state index contributed by atoms with van der Waals surface area (Å²) in [7, 11) is 0. The number of rotatable bonds is 2. The highest BCUT2D eigenvalue weighted by Crippen LogP contribution is 2.21. The van der Waals surface area contributed by atoms with Crippen LogP contribution in [0.5, 0.6) is 0 Å². The van der Waals surface area contributed by atoms with Gasteiger partial charge in [0.25, 0.3) is 5.91 Å². The number of carbonyl (C=O) groups is 1. The second-order valence-corrected chi connectivity index (χ2v) is 4.94. The van der Waals surface area contributed by atoms with Crippen LogP contribution in [0.4, 0.5) is 5.69 Å². The zero-order valence-electron chi connectivity index (χ0n) is 9.75. The minimum Gasteiger partial charge on any atom is -0.319 e. The van der Waals surface area contributed by atoms with Crippen molar-refractivity contribution < 1.29 is 4.79 Å². The van der Waals surface area contributed by atoms with Gasteiger partial charge in [0.2, 0.25) is 0 Å². The van der Waals surface area contributed by atoms with Crippen molar-refractivity contribution >= 4 is 46.4 Å². The lowest BCUT2D eigenvalue weighted by atomic mass is 10.2. The lowest BCUT2D eigenvalue weighted by Crippen LogP contribution is -2.13. The molecule has 0 atom stereocenters. The molecule has 0 aliphatic carbocycles. The highest BCUT2D eigenvalue weighted by Gasteiger charge is 2.11. The van der Waals surface area contributed by atoms with E-state index in [9.17, 15) is 4.79 Å². The van der Waals surface area contributed by atoms with Gasteiger partial charge in [-0.1, -0.05) is 34.8 Å². The van der Waals surface area contributed by atoms with E-state index in [0.717, 1.165) is 5.56 Å². The van der Waals surface area contributed by atoms with Crippen molar-refractivity contribution in [2.75, 3.05) is 5.32 Å². The molecule has 0 fully saturated rings. The summed E-state index contributed by atoms with van der Waals surface area (Å²) in [5.41, 5.74) is 1.60. The molecule has 4 nitrogen and oxygen atoms in total. The zero-order chi connectivity index (χ0) is 14.0. The summed E-state index contributed by atoms with van der Waals surface area (Å²) in [6, 6.07) is 4.55. The predicted molar refractivity (Wildman–Crippen MR) is 76.2 cm³/mol. The zero-order valence-corrected chi connectivity index (χ0v) is 12.0. The average Bonchev–Trinajstić information content (AvgIpc) is 2.32. The molecular weight excluding hydrogens is 309 g/mol. The molecule has 98 valence electrons. The van der Waals surface area contributed by atoms with Gasteiger partial charge >= 0.3 is 0 Å². The molecule has 0 unspecified atom stereocenters. The number of halogens is 3. The second-order valence-electron chi connectivity index (χ2n) is 3.81. The van der Waals surface area contributed by atoms with Gasteiger partial charge in [-0.2, -0.15) is 0 Å². The van der Waals surface area contributed by atoms with E-state index in [1.807, 2.05) is 6.92 Å². The molecule has 2 aromatic heterocycles.